The van der Waals surface area contributed by atoms with Gasteiger partial charge < -0.3 is 5.32 Å². The van der Waals surface area contributed by atoms with Crippen LogP contribution in [0, 0.1) is 19.8 Å². The van der Waals surface area contributed by atoms with E-state index in [1.54, 1.807) is 5.56 Å². The van der Waals surface area contributed by atoms with E-state index >= 15 is 0 Å². The molecule has 1 N–H and O–H groups in total. The van der Waals surface area contributed by atoms with E-state index in [0.29, 0.717) is 6.04 Å². The average Bonchev–Trinajstić information content (AvgIpc) is 3.24. The Labute approximate surface area is 129 Å². The number of nitrogens with zero attached hydrogens (tertiary/aromatic N) is 1. The van der Waals surface area contributed by atoms with Gasteiger partial charge in [-0.25, -0.2) is 0 Å². The maximum absolute atomic E-state index is 3.45. The van der Waals surface area contributed by atoms with Crippen LogP contribution < -0.4 is 5.32 Å². The molecule has 0 aromatic heterocycles. The fourth-order valence-electron chi connectivity index (χ4n) is 4.20. The van der Waals surface area contributed by atoms with Crippen LogP contribution in [0.1, 0.15) is 54.8 Å². The highest BCUT2D eigenvalue weighted by molar-refractivity contribution is 5.31. The third kappa shape index (κ3) is 3.49. The van der Waals surface area contributed by atoms with Crippen molar-refractivity contribution in [3.05, 3.63) is 34.9 Å². The number of benzene rings is 1. The molecule has 116 valence electrons. The van der Waals surface area contributed by atoms with Crippen LogP contribution in [0.15, 0.2) is 18.2 Å². The van der Waals surface area contributed by atoms with Gasteiger partial charge in [0.25, 0.3) is 0 Å². The molecule has 0 amide bonds. The van der Waals surface area contributed by atoms with E-state index in [4.69, 9.17) is 0 Å². The van der Waals surface area contributed by atoms with Crippen molar-refractivity contribution in [2.24, 2.45) is 5.92 Å². The molecule has 2 fully saturated rings. The normalized spacial score (nSPS) is 27.6. The summed E-state index contributed by atoms with van der Waals surface area (Å²) in [6.45, 7) is 6.91. The van der Waals surface area contributed by atoms with E-state index in [1.807, 2.05) is 0 Å². The number of aryl methyl sites for hydroxylation is 2. The van der Waals surface area contributed by atoms with Crippen molar-refractivity contribution in [1.29, 1.82) is 0 Å². The van der Waals surface area contributed by atoms with Gasteiger partial charge >= 0.3 is 0 Å². The van der Waals surface area contributed by atoms with Gasteiger partial charge in [-0.05, 0) is 71.1 Å². The molecule has 1 aromatic carbocycles. The van der Waals surface area contributed by atoms with Crippen LogP contribution in [-0.2, 0) is 0 Å². The van der Waals surface area contributed by atoms with Crippen LogP contribution in [0.4, 0.5) is 0 Å². The molecule has 1 saturated carbocycles. The van der Waals surface area contributed by atoms with E-state index in [2.05, 4.69) is 49.3 Å². The van der Waals surface area contributed by atoms with E-state index in [1.165, 1.54) is 49.8 Å². The van der Waals surface area contributed by atoms with Gasteiger partial charge in [-0.3, -0.25) is 4.90 Å². The summed E-state index contributed by atoms with van der Waals surface area (Å²) in [5.74, 6) is 0.749. The number of likely N-dealkylation sites (tertiary alicyclic amines) is 1. The number of hydrogen-bond donors (Lipinski definition) is 1. The van der Waals surface area contributed by atoms with Crippen LogP contribution in [0.3, 0.4) is 0 Å². The molecule has 3 rings (SSSR count). The Morgan fingerprint density at radius 3 is 2.38 bits per heavy atom. The Hall–Kier alpha value is -0.860. The van der Waals surface area contributed by atoms with Gasteiger partial charge in [-0.2, -0.15) is 0 Å². The summed E-state index contributed by atoms with van der Waals surface area (Å²) in [6.07, 6.45) is 6.94. The standard InChI is InChI=1S/C19H30N2/c1-14-10-15(2)12-17(11-14)19-16(13-20-3)6-4-5-9-21(19)18-7-8-18/h10-12,16,18-20H,4-9,13H2,1-3H3. The smallest absolute Gasteiger partial charge is 0.0391 e. The molecule has 2 heteroatoms. The molecular formula is C19H30N2. The number of rotatable bonds is 4. The minimum Gasteiger partial charge on any atom is -0.319 e. The van der Waals surface area contributed by atoms with Crippen molar-refractivity contribution >= 4 is 0 Å². The Kier molecular flexibility index (Phi) is 4.66. The second kappa shape index (κ2) is 6.50. The zero-order valence-corrected chi connectivity index (χ0v) is 13.9. The second-order valence-electron chi connectivity index (χ2n) is 7.15. The Morgan fingerprint density at radius 1 is 1.05 bits per heavy atom. The van der Waals surface area contributed by atoms with Crippen molar-refractivity contribution < 1.29 is 0 Å². The van der Waals surface area contributed by atoms with Crippen molar-refractivity contribution in [2.45, 2.75) is 58.0 Å². The van der Waals surface area contributed by atoms with Crippen LogP contribution in [0.25, 0.3) is 0 Å². The van der Waals surface area contributed by atoms with Crippen LogP contribution in [0.2, 0.25) is 0 Å². The summed E-state index contributed by atoms with van der Waals surface area (Å²) in [5.41, 5.74) is 4.38. The molecule has 21 heavy (non-hydrogen) atoms. The Balaban J connectivity index is 1.96. The lowest BCUT2D eigenvalue weighted by Crippen LogP contribution is -2.37. The lowest BCUT2D eigenvalue weighted by molar-refractivity contribution is 0.145. The highest BCUT2D eigenvalue weighted by atomic mass is 15.2. The molecule has 1 aliphatic heterocycles. The van der Waals surface area contributed by atoms with Crippen molar-refractivity contribution in [2.75, 3.05) is 20.1 Å². The first-order valence-electron chi connectivity index (χ1n) is 8.67. The molecule has 0 spiro atoms. The van der Waals surface area contributed by atoms with Gasteiger partial charge in [0.15, 0.2) is 0 Å². The lowest BCUT2D eigenvalue weighted by Gasteiger charge is -2.36. The summed E-state index contributed by atoms with van der Waals surface area (Å²) < 4.78 is 0. The second-order valence-corrected chi connectivity index (χ2v) is 7.15. The highest BCUT2D eigenvalue weighted by Crippen LogP contribution is 2.42. The molecule has 1 aromatic rings. The molecule has 1 saturated heterocycles. The van der Waals surface area contributed by atoms with Gasteiger partial charge in [0.05, 0.1) is 0 Å². The summed E-state index contributed by atoms with van der Waals surface area (Å²) >= 11 is 0. The third-order valence-electron chi connectivity index (χ3n) is 5.11. The van der Waals surface area contributed by atoms with E-state index in [0.717, 1.165) is 18.5 Å². The van der Waals surface area contributed by atoms with E-state index in [-0.39, 0.29) is 0 Å². The maximum Gasteiger partial charge on any atom is 0.0391 e. The van der Waals surface area contributed by atoms with Gasteiger partial charge in [0.2, 0.25) is 0 Å². The van der Waals surface area contributed by atoms with E-state index < -0.39 is 0 Å². The molecule has 2 nitrogen and oxygen atoms in total. The molecule has 0 radical (unpaired) electrons. The number of nitrogens with one attached hydrogen (secondary N) is 1. The van der Waals surface area contributed by atoms with Crippen LogP contribution in [-0.4, -0.2) is 31.1 Å². The van der Waals surface area contributed by atoms with Crippen LogP contribution >= 0.6 is 0 Å². The molecule has 2 unspecified atom stereocenters. The summed E-state index contributed by atoms with van der Waals surface area (Å²) in [6, 6.07) is 8.64. The molecule has 2 atom stereocenters. The first kappa shape index (κ1) is 15.1. The predicted molar refractivity (Wildman–Crippen MR) is 89.7 cm³/mol. The fraction of sp³-hybridized carbons (Fsp3) is 0.684. The van der Waals surface area contributed by atoms with Gasteiger partial charge in [0.1, 0.15) is 0 Å². The molecule has 0 bridgehead atoms. The quantitative estimate of drug-likeness (QED) is 0.905. The van der Waals surface area contributed by atoms with Crippen molar-refractivity contribution in [1.82, 2.24) is 10.2 Å². The molecule has 1 aliphatic carbocycles. The fourth-order valence-corrected chi connectivity index (χ4v) is 4.20. The third-order valence-corrected chi connectivity index (χ3v) is 5.11. The minimum atomic E-state index is 0.617. The minimum absolute atomic E-state index is 0.617. The zero-order chi connectivity index (χ0) is 14.8. The average molecular weight is 286 g/mol. The monoisotopic (exact) mass is 286 g/mol. The predicted octanol–water partition coefficient (Wildman–Crippen LogP) is 3.83. The first-order valence-corrected chi connectivity index (χ1v) is 8.67. The molecule has 2 aliphatic rings. The SMILES string of the molecule is CNCC1CCCCN(C2CC2)C1c1cc(C)cc(C)c1. The number of hydrogen-bond acceptors (Lipinski definition) is 2. The lowest BCUT2D eigenvalue weighted by atomic mass is 9.87. The topological polar surface area (TPSA) is 15.3 Å². The van der Waals surface area contributed by atoms with Gasteiger partial charge in [0, 0.05) is 12.1 Å². The summed E-state index contributed by atoms with van der Waals surface area (Å²) in [7, 11) is 2.10. The first-order chi connectivity index (χ1) is 10.2. The Bertz CT molecular complexity index is 458. The largest absolute Gasteiger partial charge is 0.319 e. The van der Waals surface area contributed by atoms with E-state index in [9.17, 15) is 0 Å². The van der Waals surface area contributed by atoms with Crippen molar-refractivity contribution in [3.8, 4) is 0 Å². The molecular weight excluding hydrogens is 256 g/mol. The highest BCUT2D eigenvalue weighted by Gasteiger charge is 2.39. The molecule has 1 heterocycles. The van der Waals surface area contributed by atoms with Gasteiger partial charge in [-0.1, -0.05) is 35.7 Å². The maximum atomic E-state index is 3.45. The summed E-state index contributed by atoms with van der Waals surface area (Å²) in [5, 5.41) is 3.45. The zero-order valence-electron chi connectivity index (χ0n) is 13.9. The van der Waals surface area contributed by atoms with Gasteiger partial charge in [-0.15, -0.1) is 0 Å². The van der Waals surface area contributed by atoms with Crippen LogP contribution in [0.5, 0.6) is 0 Å². The Morgan fingerprint density at radius 2 is 1.76 bits per heavy atom. The van der Waals surface area contributed by atoms with Crippen molar-refractivity contribution in [3.63, 3.8) is 0 Å². The summed E-state index contributed by atoms with van der Waals surface area (Å²) in [4.78, 5) is 2.84.